The summed E-state index contributed by atoms with van der Waals surface area (Å²) in [6.45, 7) is 9.15. The number of benzene rings is 7. The topological polar surface area (TPSA) is 58.9 Å². The number of ether oxygens (including phenoxy) is 2. The lowest BCUT2D eigenvalue weighted by atomic mass is 9.79. The van der Waals surface area contributed by atoms with Gasteiger partial charge in [-0.2, -0.15) is 4.58 Å². The van der Waals surface area contributed by atoms with Crippen LogP contribution in [-0.4, -0.2) is 35.3 Å². The third-order valence-corrected chi connectivity index (χ3v) is 12.1. The quantitative estimate of drug-likeness (QED) is 0.0598. The molecule has 7 aromatic rings. The van der Waals surface area contributed by atoms with Gasteiger partial charge in [0.1, 0.15) is 18.9 Å². The van der Waals surface area contributed by atoms with Gasteiger partial charge in [-0.3, -0.25) is 4.79 Å². The van der Waals surface area contributed by atoms with E-state index in [0.717, 1.165) is 66.2 Å². The van der Waals surface area contributed by atoms with Gasteiger partial charge in [-0.1, -0.05) is 153 Å². The fraction of sp³-hybridized carbons (Fsp3) is 0.167. The zero-order chi connectivity index (χ0) is 41.4. The summed E-state index contributed by atoms with van der Waals surface area (Å²) >= 11 is 0. The Balaban J connectivity index is 0.998. The van der Waals surface area contributed by atoms with E-state index in [4.69, 9.17) is 9.47 Å². The summed E-state index contributed by atoms with van der Waals surface area (Å²) in [6.07, 6.45) is 10.3. The zero-order valence-electron chi connectivity index (χ0n) is 34.4. The minimum atomic E-state index is -0.420. The number of carbonyl (C=O) groups excluding carboxylic acids is 2. The summed E-state index contributed by atoms with van der Waals surface area (Å²) in [5, 5.41) is 6.43. The normalized spacial score (nSPS) is 16.1. The van der Waals surface area contributed by atoms with Crippen LogP contribution >= 0.6 is 0 Å². The molecule has 2 heterocycles. The van der Waals surface area contributed by atoms with Crippen LogP contribution in [0.15, 0.2) is 182 Å². The van der Waals surface area contributed by atoms with Crippen LogP contribution in [0.5, 0.6) is 5.75 Å². The Labute approximate surface area is 351 Å². The number of nitrogens with zero attached hydrogens (tertiary/aromatic N) is 2. The van der Waals surface area contributed by atoms with E-state index < -0.39 is 5.41 Å². The van der Waals surface area contributed by atoms with Crippen molar-refractivity contribution >= 4 is 61.3 Å². The summed E-state index contributed by atoms with van der Waals surface area (Å²) in [5.74, 6) is -0.0863. The monoisotopic (exact) mass is 787 g/mol. The average Bonchev–Trinajstić information content (AvgIpc) is 3.60. The lowest BCUT2D eigenvalue weighted by molar-refractivity contribution is -0.427. The van der Waals surface area contributed by atoms with E-state index in [-0.39, 0.29) is 37.0 Å². The number of carbonyl (C=O) groups is 2. The molecule has 296 valence electrons. The van der Waals surface area contributed by atoms with Gasteiger partial charge >= 0.3 is 11.9 Å². The summed E-state index contributed by atoms with van der Waals surface area (Å²) in [5.41, 5.74) is 6.52. The Bertz CT molecular complexity index is 2960. The van der Waals surface area contributed by atoms with E-state index in [1.165, 1.54) is 5.56 Å². The van der Waals surface area contributed by atoms with Crippen LogP contribution in [0, 0.1) is 0 Å². The first-order valence-corrected chi connectivity index (χ1v) is 20.5. The van der Waals surface area contributed by atoms with Crippen molar-refractivity contribution in [3.63, 3.8) is 0 Å². The highest BCUT2D eigenvalue weighted by atomic mass is 16.5. The van der Waals surface area contributed by atoms with Gasteiger partial charge in [0.2, 0.25) is 12.2 Å². The third-order valence-electron chi connectivity index (χ3n) is 12.1. The molecule has 0 saturated heterocycles. The van der Waals surface area contributed by atoms with Gasteiger partial charge in [0, 0.05) is 39.9 Å². The molecule has 0 N–H and O–H groups in total. The second-order valence-corrected chi connectivity index (χ2v) is 16.6. The SMILES string of the molecule is CC1(C)C(/C=C/C=C/C=C2/N(CC(=O)OCc3cccc4ccccc34)c3ccccc3C2(C)C)=[N+](CC(=O)Oc2cccc3ccccc23)c2ccc3ccccc3c21. The highest BCUT2D eigenvalue weighted by molar-refractivity contribution is 6.08. The maximum Gasteiger partial charge on any atom is 0.378 e. The molecule has 0 fully saturated rings. The molecule has 0 amide bonds. The third kappa shape index (κ3) is 6.98. The van der Waals surface area contributed by atoms with E-state index >= 15 is 0 Å². The number of hydrogen-bond donors (Lipinski definition) is 0. The van der Waals surface area contributed by atoms with Gasteiger partial charge in [-0.05, 0) is 76.2 Å². The highest BCUT2D eigenvalue weighted by Gasteiger charge is 2.46. The molecule has 6 nitrogen and oxygen atoms in total. The molecule has 0 bridgehead atoms. The minimum absolute atomic E-state index is 0.0451. The first kappa shape index (κ1) is 38.5. The van der Waals surface area contributed by atoms with Crippen LogP contribution in [0.4, 0.5) is 11.4 Å². The average molecular weight is 788 g/mol. The van der Waals surface area contributed by atoms with E-state index in [0.29, 0.717) is 5.75 Å². The molecule has 0 radical (unpaired) electrons. The Morgan fingerprint density at radius 1 is 0.617 bits per heavy atom. The van der Waals surface area contributed by atoms with E-state index in [1.807, 2.05) is 97.1 Å². The van der Waals surface area contributed by atoms with Gasteiger partial charge in [0.05, 0.1) is 5.41 Å². The van der Waals surface area contributed by atoms with Gasteiger partial charge < -0.3 is 14.4 Å². The molecular formula is C54H47N2O4+. The first-order valence-electron chi connectivity index (χ1n) is 20.5. The van der Waals surface area contributed by atoms with Crippen LogP contribution in [-0.2, 0) is 31.8 Å². The molecule has 0 aromatic heterocycles. The number of fused-ring (bicyclic) bond motifs is 6. The second-order valence-electron chi connectivity index (χ2n) is 16.6. The predicted molar refractivity (Wildman–Crippen MR) is 243 cm³/mol. The maximum atomic E-state index is 13.8. The Kier molecular flexibility index (Phi) is 10.0. The van der Waals surface area contributed by atoms with E-state index in [1.54, 1.807) is 0 Å². The van der Waals surface area contributed by atoms with Gasteiger partial charge in [-0.25, -0.2) is 4.79 Å². The zero-order valence-corrected chi connectivity index (χ0v) is 34.4. The number of hydrogen-bond acceptors (Lipinski definition) is 5. The van der Waals surface area contributed by atoms with Gasteiger partial charge in [0.15, 0.2) is 5.71 Å². The molecule has 7 aromatic carbocycles. The predicted octanol–water partition coefficient (Wildman–Crippen LogP) is 11.7. The van der Waals surface area contributed by atoms with Crippen molar-refractivity contribution in [2.45, 2.75) is 45.1 Å². The van der Waals surface area contributed by atoms with Crippen molar-refractivity contribution < 1.29 is 23.6 Å². The molecule has 60 heavy (non-hydrogen) atoms. The molecule has 2 aliphatic heterocycles. The minimum Gasteiger partial charge on any atom is -0.459 e. The van der Waals surface area contributed by atoms with Gasteiger partial charge in [-0.15, -0.1) is 0 Å². The number of rotatable bonds is 10. The molecule has 2 aliphatic rings. The molecular weight excluding hydrogens is 741 g/mol. The molecule has 0 saturated carbocycles. The van der Waals surface area contributed by atoms with Crippen LogP contribution in [0.2, 0.25) is 0 Å². The second kappa shape index (κ2) is 15.6. The lowest BCUT2D eigenvalue weighted by Gasteiger charge is -2.26. The number of anilines is 1. The fourth-order valence-electron chi connectivity index (χ4n) is 9.19. The number of para-hydroxylation sites is 1. The molecule has 0 unspecified atom stereocenters. The van der Waals surface area contributed by atoms with Crippen molar-refractivity contribution in [1.82, 2.24) is 0 Å². The van der Waals surface area contributed by atoms with Crippen LogP contribution in [0.3, 0.4) is 0 Å². The van der Waals surface area contributed by atoms with E-state index in [9.17, 15) is 9.59 Å². The van der Waals surface area contributed by atoms with Crippen molar-refractivity contribution in [2.75, 3.05) is 18.0 Å². The number of esters is 2. The summed E-state index contributed by atoms with van der Waals surface area (Å²) in [4.78, 5) is 29.5. The summed E-state index contributed by atoms with van der Waals surface area (Å²) in [6, 6.07) is 48.8. The lowest BCUT2D eigenvalue weighted by Crippen LogP contribution is -2.31. The van der Waals surface area contributed by atoms with Crippen molar-refractivity contribution in [1.29, 1.82) is 0 Å². The molecule has 0 atom stereocenters. The van der Waals surface area contributed by atoms with Crippen molar-refractivity contribution in [3.05, 3.63) is 198 Å². The van der Waals surface area contributed by atoms with Gasteiger partial charge in [0.25, 0.3) is 0 Å². The van der Waals surface area contributed by atoms with Crippen molar-refractivity contribution in [3.8, 4) is 5.75 Å². The summed E-state index contributed by atoms with van der Waals surface area (Å²) < 4.78 is 14.1. The smallest absolute Gasteiger partial charge is 0.378 e. The maximum absolute atomic E-state index is 13.8. The van der Waals surface area contributed by atoms with Crippen LogP contribution in [0.1, 0.15) is 44.4 Å². The Hall–Kier alpha value is -7.05. The standard InChI is InChI=1S/C54H47N2O4/c1-53(2)44-27-14-15-28-45(44)55(34-50(57)59-36-40-23-16-21-37-18-8-11-24-41(37)40)48(53)30-6-5-7-31-49-54(3,4)52-43-26-13-10-20-39(43)32-33-46(52)56(49)35-51(58)60-47-29-17-22-38-19-9-12-25-42(38)47/h5-33H,34-36H2,1-4H3/q+1. The van der Waals surface area contributed by atoms with E-state index in [2.05, 4.69) is 116 Å². The fourth-order valence-corrected chi connectivity index (χ4v) is 9.19. The first-order chi connectivity index (χ1) is 29.1. The number of allylic oxidation sites excluding steroid dienone is 6. The van der Waals surface area contributed by atoms with Crippen LogP contribution in [0.25, 0.3) is 32.3 Å². The molecule has 0 aliphatic carbocycles. The highest BCUT2D eigenvalue weighted by Crippen LogP contribution is 2.48. The van der Waals surface area contributed by atoms with Crippen molar-refractivity contribution in [2.24, 2.45) is 0 Å². The van der Waals surface area contributed by atoms with Crippen LogP contribution < -0.4 is 9.64 Å². The molecule has 6 heteroatoms. The summed E-state index contributed by atoms with van der Waals surface area (Å²) in [7, 11) is 0. The molecule has 9 rings (SSSR count). The molecule has 0 spiro atoms. The Morgan fingerprint density at radius 3 is 2.03 bits per heavy atom. The Morgan fingerprint density at radius 2 is 1.25 bits per heavy atom. The largest absolute Gasteiger partial charge is 0.459 e.